The molecule has 0 saturated heterocycles. The van der Waals surface area contributed by atoms with Gasteiger partial charge in [-0.1, -0.05) is 84.9 Å². The van der Waals surface area contributed by atoms with Gasteiger partial charge < -0.3 is 9.40 Å². The summed E-state index contributed by atoms with van der Waals surface area (Å²) in [5.41, 5.74) is 6.48. The quantitative estimate of drug-likeness (QED) is 0.305. The summed E-state index contributed by atoms with van der Waals surface area (Å²) in [4.78, 5) is 3.69. The van der Waals surface area contributed by atoms with Crippen LogP contribution in [0.5, 0.6) is 0 Å². The van der Waals surface area contributed by atoms with Crippen LogP contribution in [0.25, 0.3) is 65.6 Å². The highest BCUT2D eigenvalue weighted by molar-refractivity contribution is 6.34. The Bertz CT molecular complexity index is 1740. The summed E-state index contributed by atoms with van der Waals surface area (Å²) in [5, 5.41) is 7.29. The molecule has 7 aromatic rings. The number of fused-ring (bicyclic) bond motifs is 10. The third-order valence-electron chi connectivity index (χ3n) is 6.19. The molecule has 1 N–H and O–H groups in total. The Hall–Kier alpha value is -4.04. The zero-order valence-electron chi connectivity index (χ0n) is 16.1. The molecule has 30 heavy (non-hydrogen) atoms. The van der Waals surface area contributed by atoms with Crippen molar-refractivity contribution in [2.75, 3.05) is 0 Å². The number of aromatic amines is 1. The Labute approximate surface area is 172 Å². The van der Waals surface area contributed by atoms with Gasteiger partial charge in [0.05, 0.1) is 5.52 Å². The van der Waals surface area contributed by atoms with Crippen molar-refractivity contribution in [3.63, 3.8) is 0 Å². The van der Waals surface area contributed by atoms with Crippen molar-refractivity contribution in [2.24, 2.45) is 0 Å². The highest BCUT2D eigenvalue weighted by Crippen LogP contribution is 2.43. The molecule has 0 bridgehead atoms. The van der Waals surface area contributed by atoms with Crippen LogP contribution in [0.4, 0.5) is 0 Å². The Morgan fingerprint density at radius 2 is 1.23 bits per heavy atom. The van der Waals surface area contributed by atoms with Gasteiger partial charge in [-0.15, -0.1) is 0 Å². The number of nitrogens with one attached hydrogen (secondary N) is 1. The molecule has 0 spiro atoms. The fraction of sp³-hybridized carbons (Fsp3) is 0. The monoisotopic (exact) mass is 383 g/mol. The minimum Gasteiger partial charge on any atom is -0.454 e. The van der Waals surface area contributed by atoms with Crippen LogP contribution in [0.3, 0.4) is 0 Å². The lowest BCUT2D eigenvalue weighted by Crippen LogP contribution is -1.78. The normalized spacial score (nSPS) is 12.0. The molecule has 0 aliphatic carbocycles. The van der Waals surface area contributed by atoms with Crippen molar-refractivity contribution >= 4 is 54.5 Å². The first kappa shape index (κ1) is 15.8. The van der Waals surface area contributed by atoms with E-state index in [0.717, 1.165) is 27.6 Å². The van der Waals surface area contributed by atoms with Crippen LogP contribution in [0.15, 0.2) is 101 Å². The third-order valence-corrected chi connectivity index (χ3v) is 6.19. The van der Waals surface area contributed by atoms with Crippen molar-refractivity contribution < 1.29 is 4.42 Å². The lowest BCUT2D eigenvalue weighted by atomic mass is 9.98. The highest BCUT2D eigenvalue weighted by atomic mass is 16.3. The van der Waals surface area contributed by atoms with E-state index >= 15 is 0 Å². The third kappa shape index (κ3) is 2.03. The van der Waals surface area contributed by atoms with E-state index in [1.54, 1.807) is 0 Å². The molecule has 0 aliphatic heterocycles. The summed E-state index contributed by atoms with van der Waals surface area (Å²) in [7, 11) is 0. The number of H-pyrrole nitrogens is 1. The summed E-state index contributed by atoms with van der Waals surface area (Å²) in [6.45, 7) is 0. The molecule has 0 atom stereocenters. The van der Waals surface area contributed by atoms with Crippen LogP contribution < -0.4 is 0 Å². The van der Waals surface area contributed by atoms with Gasteiger partial charge in [0, 0.05) is 27.1 Å². The maximum Gasteiger partial charge on any atom is 0.160 e. The maximum atomic E-state index is 6.39. The van der Waals surface area contributed by atoms with Crippen molar-refractivity contribution in [3.05, 3.63) is 97.1 Å². The van der Waals surface area contributed by atoms with Crippen molar-refractivity contribution in [3.8, 4) is 11.1 Å². The van der Waals surface area contributed by atoms with Crippen molar-refractivity contribution in [1.29, 1.82) is 0 Å². The SMILES string of the molecule is c1ccc(-c2ccc3c(c2)[nH]c2c4oc5ccccc5c4c4ccccc4c32)cc1. The summed E-state index contributed by atoms with van der Waals surface area (Å²) in [5.74, 6) is 0. The lowest BCUT2D eigenvalue weighted by Gasteiger charge is -2.04. The molecule has 0 unspecified atom stereocenters. The standard InChI is InChI=1S/C28H17NO/c1-2-8-17(9-3-1)18-14-15-21-23(16-18)29-27-25(21)19-10-4-5-11-20(19)26-22-12-6-7-13-24(22)30-28(26)27/h1-16,29H. The number of hydrogen-bond acceptors (Lipinski definition) is 1. The number of aromatic nitrogens is 1. The topological polar surface area (TPSA) is 28.9 Å². The van der Waals surface area contributed by atoms with Gasteiger partial charge in [-0.2, -0.15) is 0 Å². The van der Waals surface area contributed by atoms with E-state index in [9.17, 15) is 0 Å². The average Bonchev–Trinajstić information content (AvgIpc) is 3.38. The first-order chi connectivity index (χ1) is 14.9. The molecule has 140 valence electrons. The molecular weight excluding hydrogens is 366 g/mol. The number of rotatable bonds is 1. The molecule has 0 radical (unpaired) electrons. The van der Waals surface area contributed by atoms with E-state index in [4.69, 9.17) is 4.42 Å². The van der Waals surface area contributed by atoms with Gasteiger partial charge in [-0.25, -0.2) is 0 Å². The van der Waals surface area contributed by atoms with E-state index < -0.39 is 0 Å². The molecule has 2 heteroatoms. The van der Waals surface area contributed by atoms with Crippen LogP contribution >= 0.6 is 0 Å². The van der Waals surface area contributed by atoms with Crippen LogP contribution in [0.2, 0.25) is 0 Å². The maximum absolute atomic E-state index is 6.39. The van der Waals surface area contributed by atoms with Gasteiger partial charge in [0.25, 0.3) is 0 Å². The fourth-order valence-electron chi connectivity index (χ4n) is 4.87. The largest absolute Gasteiger partial charge is 0.454 e. The molecule has 5 aromatic carbocycles. The molecular formula is C28H17NO. The smallest absolute Gasteiger partial charge is 0.160 e. The summed E-state index contributed by atoms with van der Waals surface area (Å²) in [6, 6.07) is 34.2. The molecule has 0 aliphatic rings. The Morgan fingerprint density at radius 1 is 0.533 bits per heavy atom. The Balaban J connectivity index is 1.69. The van der Waals surface area contributed by atoms with Crippen molar-refractivity contribution in [2.45, 2.75) is 0 Å². The number of hydrogen-bond donors (Lipinski definition) is 1. The molecule has 0 amide bonds. The van der Waals surface area contributed by atoms with E-state index in [1.165, 1.54) is 38.1 Å². The Morgan fingerprint density at radius 3 is 2.07 bits per heavy atom. The predicted octanol–water partition coefficient (Wildman–Crippen LogP) is 8.04. The second-order valence-electron chi connectivity index (χ2n) is 7.85. The molecule has 2 heterocycles. The van der Waals surface area contributed by atoms with E-state index in [2.05, 4.69) is 89.9 Å². The van der Waals surface area contributed by atoms with Crippen LogP contribution in [0, 0.1) is 0 Å². The predicted molar refractivity (Wildman–Crippen MR) is 126 cm³/mol. The molecule has 2 aromatic heterocycles. The van der Waals surface area contributed by atoms with Gasteiger partial charge in [0.15, 0.2) is 5.58 Å². The minimum atomic E-state index is 0.925. The van der Waals surface area contributed by atoms with Crippen molar-refractivity contribution in [1.82, 2.24) is 4.98 Å². The fourth-order valence-corrected chi connectivity index (χ4v) is 4.87. The average molecular weight is 383 g/mol. The van der Waals surface area contributed by atoms with Crippen LogP contribution in [0.1, 0.15) is 0 Å². The molecule has 7 rings (SSSR count). The first-order valence-electron chi connectivity index (χ1n) is 10.2. The number of para-hydroxylation sites is 1. The van der Waals surface area contributed by atoms with Crippen LogP contribution in [-0.2, 0) is 0 Å². The zero-order chi connectivity index (χ0) is 19.7. The zero-order valence-corrected chi connectivity index (χ0v) is 16.1. The molecule has 0 fully saturated rings. The molecule has 0 saturated carbocycles. The summed E-state index contributed by atoms with van der Waals surface area (Å²) in [6.07, 6.45) is 0. The highest BCUT2D eigenvalue weighted by Gasteiger charge is 2.18. The van der Waals surface area contributed by atoms with Gasteiger partial charge >= 0.3 is 0 Å². The minimum absolute atomic E-state index is 0.925. The van der Waals surface area contributed by atoms with Gasteiger partial charge in [-0.3, -0.25) is 0 Å². The second kappa shape index (κ2) is 5.74. The van der Waals surface area contributed by atoms with E-state index in [-0.39, 0.29) is 0 Å². The molecule has 2 nitrogen and oxygen atoms in total. The van der Waals surface area contributed by atoms with Gasteiger partial charge in [0.2, 0.25) is 0 Å². The second-order valence-corrected chi connectivity index (χ2v) is 7.85. The van der Waals surface area contributed by atoms with Gasteiger partial charge in [-0.05, 0) is 34.0 Å². The number of benzene rings is 5. The Kier molecular flexibility index (Phi) is 3.03. The summed E-state index contributed by atoms with van der Waals surface area (Å²) >= 11 is 0. The van der Waals surface area contributed by atoms with E-state index in [1.807, 2.05) is 12.1 Å². The first-order valence-corrected chi connectivity index (χ1v) is 10.2. The van der Waals surface area contributed by atoms with Crippen LogP contribution in [-0.4, -0.2) is 4.98 Å². The summed E-state index contributed by atoms with van der Waals surface area (Å²) < 4.78 is 6.39. The van der Waals surface area contributed by atoms with E-state index in [0.29, 0.717) is 0 Å². The number of furan rings is 1. The lowest BCUT2D eigenvalue weighted by molar-refractivity contribution is 0.672. The van der Waals surface area contributed by atoms with Gasteiger partial charge in [0.1, 0.15) is 5.58 Å².